The Morgan fingerprint density at radius 2 is 1.85 bits per heavy atom. The zero-order chi connectivity index (χ0) is 24.4. The van der Waals surface area contributed by atoms with Gasteiger partial charge in [0.15, 0.2) is 5.69 Å². The van der Waals surface area contributed by atoms with Gasteiger partial charge in [-0.1, -0.05) is 0 Å². The zero-order valence-electron chi connectivity index (χ0n) is 18.1. The van der Waals surface area contributed by atoms with Crippen LogP contribution >= 0.6 is 11.3 Å². The molecule has 0 amide bonds. The lowest BCUT2D eigenvalue weighted by atomic mass is 10.1. The van der Waals surface area contributed by atoms with Crippen LogP contribution in [0.15, 0.2) is 29.9 Å². The monoisotopic (exact) mass is 483 g/mol. The van der Waals surface area contributed by atoms with E-state index >= 15 is 0 Å². The molecule has 3 aromatic rings. The van der Waals surface area contributed by atoms with Crippen LogP contribution in [0.25, 0.3) is 10.9 Å². The lowest BCUT2D eigenvalue weighted by Crippen LogP contribution is -2.24. The number of hydrogen-bond acceptors (Lipinski definition) is 9. The number of thiazole rings is 1. The third-order valence-electron chi connectivity index (χ3n) is 3.97. The molecule has 0 unspecified atom stereocenters. The predicted molar refractivity (Wildman–Crippen MR) is 115 cm³/mol. The van der Waals surface area contributed by atoms with Crippen molar-refractivity contribution in [2.24, 2.45) is 0 Å². The van der Waals surface area contributed by atoms with E-state index in [9.17, 15) is 22.8 Å². The molecule has 0 aliphatic carbocycles. The van der Waals surface area contributed by atoms with Crippen molar-refractivity contribution in [3.05, 3.63) is 41.2 Å². The number of halogens is 3. The highest BCUT2D eigenvalue weighted by atomic mass is 32.1. The van der Waals surface area contributed by atoms with E-state index in [1.807, 2.05) is 0 Å². The summed E-state index contributed by atoms with van der Waals surface area (Å²) in [7, 11) is 0. The average Bonchev–Trinajstić information content (AvgIpc) is 3.14. The van der Waals surface area contributed by atoms with Gasteiger partial charge in [0.1, 0.15) is 21.9 Å². The number of pyridine rings is 1. The summed E-state index contributed by atoms with van der Waals surface area (Å²) >= 11 is 1.05. The van der Waals surface area contributed by atoms with E-state index in [2.05, 4.69) is 20.0 Å². The van der Waals surface area contributed by atoms with Gasteiger partial charge in [0.2, 0.25) is 0 Å². The quantitative estimate of drug-likeness (QED) is 0.461. The molecule has 0 bridgehead atoms. The van der Waals surface area contributed by atoms with Crippen LogP contribution in [0.3, 0.4) is 0 Å². The first-order chi connectivity index (χ1) is 15.4. The Labute approximate surface area is 190 Å². The summed E-state index contributed by atoms with van der Waals surface area (Å²) < 4.78 is 52.7. The molecule has 12 heteroatoms. The van der Waals surface area contributed by atoms with Crippen LogP contribution < -0.4 is 10.1 Å². The summed E-state index contributed by atoms with van der Waals surface area (Å²) in [4.78, 5) is 33.3. The van der Waals surface area contributed by atoms with Crippen LogP contribution in [0.1, 0.15) is 48.5 Å². The minimum absolute atomic E-state index is 0.0441. The predicted octanol–water partition coefficient (Wildman–Crippen LogP) is 5.47. The maximum absolute atomic E-state index is 12.7. The Hall–Kier alpha value is -3.41. The molecule has 0 radical (unpaired) electrons. The molecule has 0 saturated heterocycles. The fourth-order valence-corrected chi connectivity index (χ4v) is 3.46. The lowest BCUT2D eigenvalue weighted by Gasteiger charge is -2.19. The van der Waals surface area contributed by atoms with Gasteiger partial charge in [0.05, 0.1) is 23.3 Å². The van der Waals surface area contributed by atoms with E-state index < -0.39 is 29.7 Å². The molecule has 2 heterocycles. The number of hydrogen-bond donors (Lipinski definition) is 1. The summed E-state index contributed by atoms with van der Waals surface area (Å²) in [6, 6.07) is 3.52. The van der Waals surface area contributed by atoms with Crippen molar-refractivity contribution in [2.45, 2.75) is 39.7 Å². The highest BCUT2D eigenvalue weighted by Crippen LogP contribution is 2.36. The summed E-state index contributed by atoms with van der Waals surface area (Å²) in [6.45, 7) is 6.77. The standard InChI is InChI=1S/C21H20F3N3O5S/c1-5-30-18(28)13-9-25-14-7-6-11(31-21(22,23)24)8-12(14)15(13)27-17-16(26-10-33-17)19(29)32-20(2,3)4/h6-10H,5H2,1-4H3,(H,25,27). The SMILES string of the molecule is CCOC(=O)c1cnc2ccc(OC(F)(F)F)cc2c1Nc1scnc1C(=O)OC(C)(C)C. The van der Waals surface area contributed by atoms with Crippen LogP contribution in [-0.4, -0.2) is 40.5 Å². The molecule has 3 rings (SSSR count). The summed E-state index contributed by atoms with van der Waals surface area (Å²) in [6.07, 6.45) is -3.67. The van der Waals surface area contributed by atoms with Crippen molar-refractivity contribution in [3.63, 3.8) is 0 Å². The fourth-order valence-electron chi connectivity index (χ4n) is 2.79. The number of fused-ring (bicyclic) bond motifs is 1. The Bertz CT molecular complexity index is 1190. The molecule has 8 nitrogen and oxygen atoms in total. The van der Waals surface area contributed by atoms with Gasteiger partial charge in [0.25, 0.3) is 0 Å². The van der Waals surface area contributed by atoms with Gasteiger partial charge in [0, 0.05) is 11.6 Å². The van der Waals surface area contributed by atoms with E-state index in [0.717, 1.165) is 23.5 Å². The third-order valence-corrected chi connectivity index (χ3v) is 4.71. The average molecular weight is 483 g/mol. The molecule has 0 aliphatic heterocycles. The van der Waals surface area contributed by atoms with Crippen LogP contribution in [-0.2, 0) is 9.47 Å². The molecule has 0 spiro atoms. The van der Waals surface area contributed by atoms with Crippen LogP contribution in [0.5, 0.6) is 5.75 Å². The minimum Gasteiger partial charge on any atom is -0.462 e. The van der Waals surface area contributed by atoms with E-state index in [0.29, 0.717) is 0 Å². The van der Waals surface area contributed by atoms with Gasteiger partial charge in [-0.25, -0.2) is 14.6 Å². The van der Waals surface area contributed by atoms with Crippen molar-refractivity contribution >= 4 is 44.9 Å². The summed E-state index contributed by atoms with van der Waals surface area (Å²) in [5.41, 5.74) is 0.895. The number of carbonyl (C=O) groups excluding carboxylic acids is 2. The second-order valence-corrected chi connectivity index (χ2v) is 8.51. The molecule has 0 saturated carbocycles. The number of esters is 2. The Morgan fingerprint density at radius 3 is 2.48 bits per heavy atom. The molecule has 33 heavy (non-hydrogen) atoms. The van der Waals surface area contributed by atoms with Crippen molar-refractivity contribution in [3.8, 4) is 5.75 Å². The maximum Gasteiger partial charge on any atom is 0.573 e. The molecule has 0 fully saturated rings. The topological polar surface area (TPSA) is 99.6 Å². The molecule has 1 aromatic carbocycles. The number of nitrogens with zero attached hydrogens (tertiary/aromatic N) is 2. The van der Waals surface area contributed by atoms with Gasteiger partial charge in [-0.2, -0.15) is 0 Å². The molecule has 0 aliphatic rings. The highest BCUT2D eigenvalue weighted by Gasteiger charge is 2.31. The Morgan fingerprint density at radius 1 is 1.12 bits per heavy atom. The number of benzene rings is 1. The van der Waals surface area contributed by atoms with Gasteiger partial charge >= 0.3 is 18.3 Å². The molecule has 176 valence electrons. The molecular formula is C21H20F3N3O5S. The van der Waals surface area contributed by atoms with Crippen LogP contribution in [0, 0.1) is 0 Å². The van der Waals surface area contributed by atoms with E-state index in [1.54, 1.807) is 27.7 Å². The third kappa shape index (κ3) is 6.09. The molecule has 0 atom stereocenters. The minimum atomic E-state index is -4.91. The maximum atomic E-state index is 12.7. The number of aromatic nitrogens is 2. The van der Waals surface area contributed by atoms with Gasteiger partial charge < -0.3 is 19.5 Å². The van der Waals surface area contributed by atoms with Crippen molar-refractivity contribution in [2.75, 3.05) is 11.9 Å². The summed E-state index contributed by atoms with van der Waals surface area (Å²) in [5.74, 6) is -1.96. The second kappa shape index (κ2) is 9.22. The van der Waals surface area contributed by atoms with Gasteiger partial charge in [-0.15, -0.1) is 24.5 Å². The first-order valence-electron chi connectivity index (χ1n) is 9.67. The number of nitrogens with one attached hydrogen (secondary N) is 1. The number of rotatable bonds is 6. The Kier molecular flexibility index (Phi) is 6.77. The smallest absolute Gasteiger partial charge is 0.462 e. The normalized spacial score (nSPS) is 11.8. The van der Waals surface area contributed by atoms with E-state index in [1.165, 1.54) is 17.8 Å². The first-order valence-corrected chi connectivity index (χ1v) is 10.6. The fraction of sp³-hybridized carbons (Fsp3) is 0.333. The summed E-state index contributed by atoms with van der Waals surface area (Å²) in [5, 5.41) is 3.31. The zero-order valence-corrected chi connectivity index (χ0v) is 18.9. The first kappa shape index (κ1) is 24.2. The van der Waals surface area contributed by atoms with E-state index in [-0.39, 0.29) is 39.5 Å². The Balaban J connectivity index is 2.12. The van der Waals surface area contributed by atoms with Gasteiger partial charge in [-0.05, 0) is 45.9 Å². The number of ether oxygens (including phenoxy) is 3. The highest BCUT2D eigenvalue weighted by molar-refractivity contribution is 7.14. The second-order valence-electron chi connectivity index (χ2n) is 7.65. The lowest BCUT2D eigenvalue weighted by molar-refractivity contribution is -0.274. The van der Waals surface area contributed by atoms with Crippen molar-refractivity contribution in [1.82, 2.24) is 9.97 Å². The molecule has 2 aromatic heterocycles. The largest absolute Gasteiger partial charge is 0.573 e. The molecule has 1 N–H and O–H groups in total. The number of carbonyl (C=O) groups is 2. The van der Waals surface area contributed by atoms with Crippen LogP contribution in [0.2, 0.25) is 0 Å². The number of alkyl halides is 3. The van der Waals surface area contributed by atoms with Gasteiger partial charge in [-0.3, -0.25) is 4.98 Å². The van der Waals surface area contributed by atoms with E-state index in [4.69, 9.17) is 9.47 Å². The van der Waals surface area contributed by atoms with Crippen molar-refractivity contribution < 1.29 is 37.0 Å². The number of anilines is 2. The van der Waals surface area contributed by atoms with Crippen molar-refractivity contribution in [1.29, 1.82) is 0 Å². The van der Waals surface area contributed by atoms with Crippen LogP contribution in [0.4, 0.5) is 23.9 Å². The molecular weight excluding hydrogens is 463 g/mol.